The number of likely N-dealkylation sites (tertiary alicyclic amines) is 1. The Bertz CT molecular complexity index is 599. The minimum atomic E-state index is -0.572. The van der Waals surface area contributed by atoms with Crippen molar-refractivity contribution in [2.75, 3.05) is 6.54 Å². The number of rotatable bonds is 0. The van der Waals surface area contributed by atoms with Crippen LogP contribution >= 0.6 is 11.6 Å². The number of ether oxygens (including phenoxy) is 2. The zero-order chi connectivity index (χ0) is 15.4. The maximum atomic E-state index is 13.6. The van der Waals surface area contributed by atoms with Crippen molar-refractivity contribution in [3.05, 3.63) is 28.5 Å². The number of hydrogen-bond acceptors (Lipinski definition) is 3. The summed E-state index contributed by atoms with van der Waals surface area (Å²) in [7, 11) is 0. The van der Waals surface area contributed by atoms with Gasteiger partial charge in [0.25, 0.3) is 0 Å². The maximum absolute atomic E-state index is 13.6. The van der Waals surface area contributed by atoms with Crippen molar-refractivity contribution in [2.45, 2.75) is 44.9 Å². The van der Waals surface area contributed by atoms with Gasteiger partial charge in [0.05, 0.1) is 17.6 Å². The average Bonchev–Trinajstić information content (AvgIpc) is 2.68. The van der Waals surface area contributed by atoms with Gasteiger partial charge in [0.15, 0.2) is 0 Å². The van der Waals surface area contributed by atoms with Gasteiger partial charge in [-0.3, -0.25) is 4.90 Å². The van der Waals surface area contributed by atoms with Crippen LogP contribution in [-0.2, 0) is 4.74 Å². The normalized spacial score (nSPS) is 23.6. The Morgan fingerprint density at radius 1 is 1.48 bits per heavy atom. The summed E-state index contributed by atoms with van der Waals surface area (Å²) in [4.78, 5) is 13.9. The Kier molecular flexibility index (Phi) is 3.28. The van der Waals surface area contributed by atoms with Crippen molar-refractivity contribution < 1.29 is 18.7 Å². The van der Waals surface area contributed by atoms with Crippen molar-refractivity contribution >= 4 is 17.7 Å². The molecule has 2 atom stereocenters. The molecular weight excluding hydrogens is 297 g/mol. The molecule has 0 aliphatic carbocycles. The van der Waals surface area contributed by atoms with Crippen LogP contribution in [0.5, 0.6) is 5.75 Å². The van der Waals surface area contributed by atoms with Gasteiger partial charge in [0.1, 0.15) is 23.3 Å². The topological polar surface area (TPSA) is 38.8 Å². The lowest BCUT2D eigenvalue weighted by Gasteiger charge is -2.29. The molecule has 0 unspecified atom stereocenters. The van der Waals surface area contributed by atoms with Gasteiger partial charge in [0.2, 0.25) is 0 Å². The predicted molar refractivity (Wildman–Crippen MR) is 76.1 cm³/mol. The van der Waals surface area contributed by atoms with Gasteiger partial charge >= 0.3 is 6.09 Å². The molecule has 6 heteroatoms. The third kappa shape index (κ3) is 2.67. The lowest BCUT2D eigenvalue weighted by Crippen LogP contribution is -2.36. The van der Waals surface area contributed by atoms with Gasteiger partial charge in [0, 0.05) is 12.0 Å². The summed E-state index contributed by atoms with van der Waals surface area (Å²) in [6.45, 7) is 5.86. The summed E-state index contributed by atoms with van der Waals surface area (Å²) < 4.78 is 24.8. The number of carbonyl (C=O) groups excluding carboxylic acids is 1. The lowest BCUT2D eigenvalue weighted by atomic mass is 10.00. The van der Waals surface area contributed by atoms with Crippen LogP contribution in [0.2, 0.25) is 5.02 Å². The molecule has 1 aromatic rings. The smallest absolute Gasteiger partial charge is 0.410 e. The van der Waals surface area contributed by atoms with E-state index >= 15 is 0 Å². The number of halogens is 2. The molecule has 1 saturated heterocycles. The summed E-state index contributed by atoms with van der Waals surface area (Å²) in [6, 6.07) is 2.36. The second kappa shape index (κ2) is 4.77. The number of benzene rings is 1. The standard InChI is InChI=1S/C15H17ClFNO3/c1-15(2,3)21-14(19)18-7-9-6-12(18)10-4-8(17)5-11(16)13(10)20-9/h4-5,9,12H,6-7H2,1-3H3/t9-,12-/m0/s1. The molecule has 1 fully saturated rings. The Morgan fingerprint density at radius 3 is 2.86 bits per heavy atom. The van der Waals surface area contributed by atoms with Crippen LogP contribution in [0.4, 0.5) is 9.18 Å². The zero-order valence-electron chi connectivity index (χ0n) is 12.2. The number of nitrogens with zero attached hydrogens (tertiary/aromatic N) is 1. The maximum Gasteiger partial charge on any atom is 0.410 e. The van der Waals surface area contributed by atoms with Gasteiger partial charge in [-0.2, -0.15) is 0 Å². The summed E-state index contributed by atoms with van der Waals surface area (Å²) in [5.41, 5.74) is 0.0384. The number of carbonyl (C=O) groups is 1. The first kappa shape index (κ1) is 14.4. The van der Waals surface area contributed by atoms with E-state index in [1.807, 2.05) is 20.8 Å². The molecule has 0 spiro atoms. The minimum Gasteiger partial charge on any atom is -0.487 e. The molecule has 0 aromatic heterocycles. The van der Waals surface area contributed by atoms with Crippen molar-refractivity contribution in [1.82, 2.24) is 4.90 Å². The third-order valence-electron chi connectivity index (χ3n) is 3.57. The first-order chi connectivity index (χ1) is 9.74. The molecule has 2 aliphatic heterocycles. The van der Waals surface area contributed by atoms with Crippen LogP contribution in [0.25, 0.3) is 0 Å². The van der Waals surface area contributed by atoms with E-state index in [4.69, 9.17) is 21.1 Å². The highest BCUT2D eigenvalue weighted by atomic mass is 35.5. The van der Waals surface area contributed by atoms with Gasteiger partial charge in [-0.1, -0.05) is 11.6 Å². The van der Waals surface area contributed by atoms with Gasteiger partial charge in [-0.25, -0.2) is 9.18 Å². The van der Waals surface area contributed by atoms with E-state index in [0.717, 1.165) is 0 Å². The molecule has 1 amide bonds. The second-order valence-corrected chi connectivity index (χ2v) is 6.84. The molecule has 21 heavy (non-hydrogen) atoms. The monoisotopic (exact) mass is 313 g/mol. The number of fused-ring (bicyclic) bond motifs is 4. The highest BCUT2D eigenvalue weighted by Gasteiger charge is 2.44. The van der Waals surface area contributed by atoms with E-state index in [2.05, 4.69) is 0 Å². The molecule has 1 aromatic carbocycles. The first-order valence-corrected chi connectivity index (χ1v) is 7.27. The van der Waals surface area contributed by atoms with Crippen molar-refractivity contribution in [2.24, 2.45) is 0 Å². The fourth-order valence-corrected chi connectivity index (χ4v) is 3.08. The molecule has 3 rings (SSSR count). The average molecular weight is 314 g/mol. The van der Waals surface area contributed by atoms with Crippen LogP contribution in [0, 0.1) is 5.82 Å². The highest BCUT2D eigenvalue weighted by Crippen LogP contribution is 2.47. The van der Waals surface area contributed by atoms with Gasteiger partial charge in [-0.15, -0.1) is 0 Å². The Balaban J connectivity index is 1.93. The fraction of sp³-hybridized carbons (Fsp3) is 0.533. The molecule has 114 valence electrons. The summed E-state index contributed by atoms with van der Waals surface area (Å²) in [6.07, 6.45) is 0.0938. The van der Waals surface area contributed by atoms with Crippen LogP contribution in [0.3, 0.4) is 0 Å². The van der Waals surface area contributed by atoms with Crippen molar-refractivity contribution in [1.29, 1.82) is 0 Å². The van der Waals surface area contributed by atoms with Crippen LogP contribution in [0.15, 0.2) is 12.1 Å². The van der Waals surface area contributed by atoms with E-state index < -0.39 is 17.5 Å². The Morgan fingerprint density at radius 2 is 2.19 bits per heavy atom. The fourth-order valence-electron chi connectivity index (χ4n) is 2.82. The van der Waals surface area contributed by atoms with Crippen LogP contribution < -0.4 is 4.74 Å². The van der Waals surface area contributed by atoms with Gasteiger partial charge < -0.3 is 9.47 Å². The number of hydrogen-bond donors (Lipinski definition) is 0. The molecule has 2 aliphatic rings. The summed E-state index contributed by atoms with van der Waals surface area (Å²) in [5, 5.41) is 0.241. The molecule has 0 N–H and O–H groups in total. The van der Waals surface area contributed by atoms with Crippen molar-refractivity contribution in [3.63, 3.8) is 0 Å². The lowest BCUT2D eigenvalue weighted by molar-refractivity contribution is 0.0222. The molecular formula is C15H17ClFNO3. The van der Waals surface area contributed by atoms with Crippen LogP contribution in [-0.4, -0.2) is 29.2 Å². The second-order valence-electron chi connectivity index (χ2n) is 6.43. The summed E-state index contributed by atoms with van der Waals surface area (Å²) in [5.74, 6) is 0.0437. The molecule has 0 saturated carbocycles. The van der Waals surface area contributed by atoms with E-state index in [1.165, 1.54) is 12.1 Å². The third-order valence-corrected chi connectivity index (χ3v) is 3.85. The summed E-state index contributed by atoms with van der Waals surface area (Å²) >= 11 is 6.04. The molecule has 0 radical (unpaired) electrons. The van der Waals surface area contributed by atoms with Crippen LogP contribution in [0.1, 0.15) is 38.8 Å². The Labute approximate surface area is 127 Å². The molecule has 2 bridgehead atoms. The SMILES string of the molecule is CC(C)(C)OC(=O)N1C[C@@H]2C[C@H]1c1cc(F)cc(Cl)c1O2. The Hall–Kier alpha value is -1.49. The quantitative estimate of drug-likeness (QED) is 0.728. The largest absolute Gasteiger partial charge is 0.487 e. The first-order valence-electron chi connectivity index (χ1n) is 6.90. The minimum absolute atomic E-state index is 0.127. The molecule has 2 heterocycles. The predicted octanol–water partition coefficient (Wildman–Crippen LogP) is 3.92. The van der Waals surface area contributed by atoms with Crippen molar-refractivity contribution in [3.8, 4) is 5.75 Å². The zero-order valence-corrected chi connectivity index (χ0v) is 12.9. The van der Waals surface area contributed by atoms with E-state index in [9.17, 15) is 9.18 Å². The molecule has 4 nitrogen and oxygen atoms in total. The van der Waals surface area contributed by atoms with E-state index in [0.29, 0.717) is 24.3 Å². The highest BCUT2D eigenvalue weighted by molar-refractivity contribution is 6.32. The van der Waals surface area contributed by atoms with E-state index in [-0.39, 0.29) is 17.2 Å². The number of amides is 1. The van der Waals surface area contributed by atoms with Gasteiger partial charge in [-0.05, 0) is 32.9 Å². The van der Waals surface area contributed by atoms with E-state index in [1.54, 1.807) is 4.90 Å².